The second-order valence-corrected chi connectivity index (χ2v) is 11.9. The Kier molecular flexibility index (Phi) is 6.50. The van der Waals surface area contributed by atoms with E-state index in [1.54, 1.807) is 0 Å². The standard InChI is InChI=1S/C43H30N4/c1-3-13-30(14-4-1)41-44-42(31-15-5-2-6-16-31)46-43(45-41)32-24-26-35(27-25-32)47-38-20-10-9-18-37(38)40-36(19-11-21-39(40)47)34-23-22-29-12-7-8-17-33(29)28-34/h1-28,41H,(H,44,45,46). The molecule has 0 saturated heterocycles. The van der Waals surface area contributed by atoms with Crippen LogP contribution in [0.4, 0.5) is 0 Å². The van der Waals surface area contributed by atoms with Crippen molar-refractivity contribution in [1.29, 1.82) is 0 Å². The van der Waals surface area contributed by atoms with Crippen LogP contribution in [0.15, 0.2) is 180 Å². The van der Waals surface area contributed by atoms with Gasteiger partial charge in [0.1, 0.15) is 12.0 Å². The molecule has 1 unspecified atom stereocenters. The van der Waals surface area contributed by atoms with Crippen LogP contribution < -0.4 is 5.32 Å². The van der Waals surface area contributed by atoms with Crippen molar-refractivity contribution in [2.75, 3.05) is 0 Å². The number of fused-ring (bicyclic) bond motifs is 4. The van der Waals surface area contributed by atoms with Gasteiger partial charge in [0.25, 0.3) is 0 Å². The highest BCUT2D eigenvalue weighted by atomic mass is 15.2. The molecule has 8 aromatic rings. The van der Waals surface area contributed by atoms with Crippen LogP contribution in [0.1, 0.15) is 22.9 Å². The van der Waals surface area contributed by atoms with E-state index in [0.29, 0.717) is 5.84 Å². The summed E-state index contributed by atoms with van der Waals surface area (Å²) in [6, 6.07) is 59.9. The van der Waals surface area contributed by atoms with Gasteiger partial charge in [-0.1, -0.05) is 127 Å². The van der Waals surface area contributed by atoms with Gasteiger partial charge in [-0.15, -0.1) is 0 Å². The molecule has 7 aromatic carbocycles. The summed E-state index contributed by atoms with van der Waals surface area (Å²) in [4.78, 5) is 10.1. The fourth-order valence-corrected chi connectivity index (χ4v) is 6.78. The molecule has 1 aliphatic rings. The molecular formula is C43H30N4. The number of nitrogens with one attached hydrogen (secondary N) is 1. The average Bonchev–Trinajstić information content (AvgIpc) is 3.50. The molecule has 0 bridgehead atoms. The van der Waals surface area contributed by atoms with Crippen molar-refractivity contribution < 1.29 is 0 Å². The summed E-state index contributed by atoms with van der Waals surface area (Å²) in [5.41, 5.74) is 9.00. The summed E-state index contributed by atoms with van der Waals surface area (Å²) >= 11 is 0. The third kappa shape index (κ3) is 4.79. The largest absolute Gasteiger partial charge is 0.344 e. The summed E-state index contributed by atoms with van der Waals surface area (Å²) in [6.45, 7) is 0. The van der Waals surface area contributed by atoms with Gasteiger partial charge in [0.2, 0.25) is 0 Å². The van der Waals surface area contributed by atoms with Crippen molar-refractivity contribution in [3.8, 4) is 16.8 Å². The predicted molar refractivity (Wildman–Crippen MR) is 196 cm³/mol. The monoisotopic (exact) mass is 602 g/mol. The van der Waals surface area contributed by atoms with Crippen molar-refractivity contribution in [3.05, 3.63) is 187 Å². The second-order valence-electron chi connectivity index (χ2n) is 11.9. The minimum Gasteiger partial charge on any atom is -0.344 e. The number of rotatable bonds is 5. The van der Waals surface area contributed by atoms with Gasteiger partial charge in [0.05, 0.1) is 11.0 Å². The minimum absolute atomic E-state index is 0.232. The first-order valence-corrected chi connectivity index (χ1v) is 16.0. The van der Waals surface area contributed by atoms with E-state index < -0.39 is 0 Å². The molecule has 2 heterocycles. The molecule has 47 heavy (non-hydrogen) atoms. The number of aliphatic imine (C=N–C) groups is 2. The van der Waals surface area contributed by atoms with E-state index in [0.717, 1.165) is 28.2 Å². The zero-order valence-electron chi connectivity index (χ0n) is 25.6. The third-order valence-corrected chi connectivity index (χ3v) is 9.05. The van der Waals surface area contributed by atoms with E-state index in [-0.39, 0.29) is 6.17 Å². The Morgan fingerprint density at radius 3 is 2.02 bits per heavy atom. The lowest BCUT2D eigenvalue weighted by Gasteiger charge is -2.23. The van der Waals surface area contributed by atoms with Crippen LogP contribution >= 0.6 is 0 Å². The maximum absolute atomic E-state index is 5.07. The number of amidine groups is 2. The highest BCUT2D eigenvalue weighted by molar-refractivity contribution is 6.16. The van der Waals surface area contributed by atoms with Crippen LogP contribution in [0.2, 0.25) is 0 Å². The third-order valence-electron chi connectivity index (χ3n) is 9.05. The Balaban J connectivity index is 1.16. The first kappa shape index (κ1) is 27.1. The van der Waals surface area contributed by atoms with Crippen molar-refractivity contribution in [1.82, 2.24) is 9.88 Å². The predicted octanol–water partition coefficient (Wildman–Crippen LogP) is 10.1. The molecule has 222 valence electrons. The lowest BCUT2D eigenvalue weighted by Crippen LogP contribution is -2.33. The summed E-state index contributed by atoms with van der Waals surface area (Å²) in [6.07, 6.45) is -0.232. The van der Waals surface area contributed by atoms with Crippen LogP contribution in [-0.4, -0.2) is 16.2 Å². The molecule has 0 radical (unpaired) electrons. The number of nitrogens with zero attached hydrogens (tertiary/aromatic N) is 3. The maximum atomic E-state index is 5.07. The zero-order chi connectivity index (χ0) is 31.2. The van der Waals surface area contributed by atoms with Gasteiger partial charge in [0.15, 0.2) is 5.84 Å². The second kappa shape index (κ2) is 11.3. The van der Waals surface area contributed by atoms with Crippen molar-refractivity contribution in [3.63, 3.8) is 0 Å². The molecule has 1 atom stereocenters. The van der Waals surface area contributed by atoms with E-state index in [2.05, 4.69) is 143 Å². The van der Waals surface area contributed by atoms with Gasteiger partial charge in [-0.2, -0.15) is 0 Å². The first-order valence-electron chi connectivity index (χ1n) is 16.0. The highest BCUT2D eigenvalue weighted by Gasteiger charge is 2.21. The van der Waals surface area contributed by atoms with Gasteiger partial charge in [-0.3, -0.25) is 0 Å². The number of hydrogen-bond acceptors (Lipinski definition) is 3. The maximum Gasteiger partial charge on any atom is 0.159 e. The smallest absolute Gasteiger partial charge is 0.159 e. The Hall–Kier alpha value is -6.26. The Morgan fingerprint density at radius 2 is 1.19 bits per heavy atom. The molecule has 9 rings (SSSR count). The number of benzene rings is 7. The van der Waals surface area contributed by atoms with Gasteiger partial charge in [0, 0.05) is 27.6 Å². The van der Waals surface area contributed by atoms with E-state index >= 15 is 0 Å². The van der Waals surface area contributed by atoms with Crippen molar-refractivity contribution >= 4 is 44.2 Å². The van der Waals surface area contributed by atoms with Crippen LogP contribution in [0.3, 0.4) is 0 Å². The molecule has 1 aromatic heterocycles. The topological polar surface area (TPSA) is 41.7 Å². The first-order chi connectivity index (χ1) is 23.3. The fraction of sp³-hybridized carbons (Fsp3) is 0.0233. The number of aromatic nitrogens is 1. The Morgan fingerprint density at radius 1 is 0.511 bits per heavy atom. The van der Waals surface area contributed by atoms with Gasteiger partial charge in [-0.05, 0) is 69.9 Å². The average molecular weight is 603 g/mol. The van der Waals surface area contributed by atoms with E-state index in [1.165, 1.54) is 43.7 Å². The van der Waals surface area contributed by atoms with Crippen LogP contribution in [-0.2, 0) is 0 Å². The lowest BCUT2D eigenvalue weighted by atomic mass is 9.97. The fourth-order valence-electron chi connectivity index (χ4n) is 6.78. The van der Waals surface area contributed by atoms with Gasteiger partial charge < -0.3 is 9.88 Å². The SMILES string of the molecule is c1ccc(C2=NC(c3ccc(-n4c5ccccc5c5c(-c6ccc7ccccc7c6)cccc54)cc3)=NC(c3ccccc3)N2)cc1. The Labute approximate surface area is 273 Å². The van der Waals surface area contributed by atoms with Crippen LogP contribution in [0, 0.1) is 0 Å². The molecule has 0 fully saturated rings. The lowest BCUT2D eigenvalue weighted by molar-refractivity contribution is 0.674. The highest BCUT2D eigenvalue weighted by Crippen LogP contribution is 2.39. The normalized spacial score (nSPS) is 14.6. The van der Waals surface area contributed by atoms with Crippen molar-refractivity contribution in [2.45, 2.75) is 6.17 Å². The van der Waals surface area contributed by atoms with Gasteiger partial charge in [-0.25, -0.2) is 9.98 Å². The molecule has 0 amide bonds. The Bertz CT molecular complexity index is 2470. The quantitative estimate of drug-likeness (QED) is 0.209. The minimum atomic E-state index is -0.232. The van der Waals surface area contributed by atoms with Crippen LogP contribution in [0.5, 0.6) is 0 Å². The molecule has 4 heteroatoms. The van der Waals surface area contributed by atoms with Crippen molar-refractivity contribution in [2.24, 2.45) is 9.98 Å². The van der Waals surface area contributed by atoms with Gasteiger partial charge >= 0.3 is 0 Å². The molecule has 1 N–H and O–H groups in total. The summed E-state index contributed by atoms with van der Waals surface area (Å²) in [5, 5.41) is 8.54. The van der Waals surface area contributed by atoms with E-state index in [4.69, 9.17) is 9.98 Å². The molecule has 1 aliphatic heterocycles. The van der Waals surface area contributed by atoms with Crippen LogP contribution in [0.25, 0.3) is 49.4 Å². The molecule has 0 aliphatic carbocycles. The summed E-state index contributed by atoms with van der Waals surface area (Å²) < 4.78 is 2.37. The van der Waals surface area contributed by atoms with E-state index in [9.17, 15) is 0 Å². The summed E-state index contributed by atoms with van der Waals surface area (Å²) in [5.74, 6) is 1.53. The molecule has 4 nitrogen and oxygen atoms in total. The summed E-state index contributed by atoms with van der Waals surface area (Å²) in [7, 11) is 0. The molecular weight excluding hydrogens is 573 g/mol. The molecule has 0 spiro atoms. The number of para-hydroxylation sites is 1. The van der Waals surface area contributed by atoms with E-state index in [1.807, 2.05) is 36.4 Å². The molecule has 0 saturated carbocycles. The zero-order valence-corrected chi connectivity index (χ0v) is 25.6. The number of hydrogen-bond donors (Lipinski definition) is 1.